The highest BCUT2D eigenvalue weighted by molar-refractivity contribution is 7.92. The lowest BCUT2D eigenvalue weighted by molar-refractivity contribution is 0.102. The summed E-state index contributed by atoms with van der Waals surface area (Å²) in [5, 5.41) is 3.23. The van der Waals surface area contributed by atoms with Crippen molar-refractivity contribution in [3.8, 4) is 0 Å². The van der Waals surface area contributed by atoms with E-state index in [0.717, 1.165) is 0 Å². The van der Waals surface area contributed by atoms with Crippen molar-refractivity contribution in [1.82, 2.24) is 9.97 Å². The number of carbonyl (C=O) groups excluding carboxylic acids is 1. The van der Waals surface area contributed by atoms with Crippen LogP contribution in [0.4, 0.5) is 11.4 Å². The number of carbonyl (C=O) groups is 1. The molecule has 1 amide bonds. The van der Waals surface area contributed by atoms with E-state index < -0.39 is 21.6 Å². The molecule has 10 heteroatoms. The molecule has 0 bridgehead atoms. The first-order valence-electron chi connectivity index (χ1n) is 8.73. The molecule has 4 rings (SSSR count). The van der Waals surface area contributed by atoms with Gasteiger partial charge in [0.1, 0.15) is 0 Å². The molecule has 0 saturated heterocycles. The van der Waals surface area contributed by atoms with Crippen molar-refractivity contribution < 1.29 is 13.2 Å². The standard InChI is InChI=1S/C20H15ClN4O4S/c21-12-5-7-13(8-6-12)22-19(26)15-3-1-2-4-16(15)25-30(28,29)14-9-10-17-18(11-14)24-20(27)23-17/h1-11,25H,(H,22,26)(H2,23,24,27). The number of fused-ring (bicyclic) bond motifs is 1. The summed E-state index contributed by atoms with van der Waals surface area (Å²) in [7, 11) is -4.01. The maximum Gasteiger partial charge on any atom is 0.323 e. The Morgan fingerprint density at radius 3 is 2.37 bits per heavy atom. The fraction of sp³-hybridized carbons (Fsp3) is 0. The Labute approximate surface area is 176 Å². The lowest BCUT2D eigenvalue weighted by Gasteiger charge is -2.13. The zero-order valence-corrected chi connectivity index (χ0v) is 16.8. The van der Waals surface area contributed by atoms with Crippen molar-refractivity contribution in [2.75, 3.05) is 10.0 Å². The summed E-state index contributed by atoms with van der Waals surface area (Å²) >= 11 is 5.85. The number of aromatic nitrogens is 2. The van der Waals surface area contributed by atoms with Crippen LogP contribution in [-0.4, -0.2) is 24.3 Å². The number of halogens is 1. The summed E-state index contributed by atoms with van der Waals surface area (Å²) in [6.45, 7) is 0. The second kappa shape index (κ2) is 7.69. The molecule has 0 aliphatic heterocycles. The summed E-state index contributed by atoms with van der Waals surface area (Å²) in [4.78, 5) is 29.1. The summed E-state index contributed by atoms with van der Waals surface area (Å²) in [5.74, 6) is -0.485. The second-order valence-electron chi connectivity index (χ2n) is 6.40. The number of hydrogen-bond acceptors (Lipinski definition) is 4. The zero-order chi connectivity index (χ0) is 21.3. The third-order valence-electron chi connectivity index (χ3n) is 4.32. The molecule has 1 aromatic heterocycles. The van der Waals surface area contributed by atoms with Gasteiger partial charge in [-0.3, -0.25) is 9.52 Å². The average Bonchev–Trinajstić information content (AvgIpc) is 3.09. The van der Waals surface area contributed by atoms with Gasteiger partial charge in [-0.1, -0.05) is 23.7 Å². The molecular weight excluding hydrogens is 428 g/mol. The van der Waals surface area contributed by atoms with Gasteiger partial charge < -0.3 is 15.3 Å². The molecule has 0 spiro atoms. The molecule has 0 fully saturated rings. The molecule has 0 saturated carbocycles. The molecule has 0 aliphatic rings. The maximum absolute atomic E-state index is 12.9. The Hall–Kier alpha value is -3.56. The number of hydrogen-bond donors (Lipinski definition) is 4. The third-order valence-corrected chi connectivity index (χ3v) is 5.93. The monoisotopic (exact) mass is 442 g/mol. The Morgan fingerprint density at radius 1 is 0.900 bits per heavy atom. The molecule has 30 heavy (non-hydrogen) atoms. The van der Waals surface area contributed by atoms with Crippen LogP contribution in [0.5, 0.6) is 0 Å². The number of amides is 1. The molecule has 4 aromatic rings. The Bertz CT molecular complexity index is 1410. The van der Waals surface area contributed by atoms with Gasteiger partial charge in [0.05, 0.1) is 27.2 Å². The highest BCUT2D eigenvalue weighted by Crippen LogP contribution is 2.23. The molecule has 0 unspecified atom stereocenters. The van der Waals surface area contributed by atoms with Crippen LogP contribution < -0.4 is 15.7 Å². The van der Waals surface area contributed by atoms with E-state index in [-0.39, 0.29) is 16.1 Å². The van der Waals surface area contributed by atoms with Crippen molar-refractivity contribution >= 4 is 49.9 Å². The molecule has 3 aromatic carbocycles. The van der Waals surface area contributed by atoms with Crippen LogP contribution in [0.15, 0.2) is 76.4 Å². The van der Waals surface area contributed by atoms with Crippen molar-refractivity contribution in [2.45, 2.75) is 4.90 Å². The topological polar surface area (TPSA) is 124 Å². The van der Waals surface area contributed by atoms with Crippen LogP contribution >= 0.6 is 11.6 Å². The zero-order valence-electron chi connectivity index (χ0n) is 15.3. The number of rotatable bonds is 5. The van der Waals surface area contributed by atoms with E-state index in [2.05, 4.69) is 20.0 Å². The number of anilines is 2. The number of sulfonamides is 1. The van der Waals surface area contributed by atoms with Crippen LogP contribution in [0, 0.1) is 0 Å². The Kier molecular flexibility index (Phi) is 5.06. The second-order valence-corrected chi connectivity index (χ2v) is 8.52. The highest BCUT2D eigenvalue weighted by atomic mass is 35.5. The summed E-state index contributed by atoms with van der Waals surface area (Å²) in [6, 6.07) is 17.0. The first kappa shape index (κ1) is 19.7. The van der Waals surface area contributed by atoms with E-state index in [1.807, 2.05) is 0 Å². The fourth-order valence-electron chi connectivity index (χ4n) is 2.88. The minimum atomic E-state index is -4.01. The van der Waals surface area contributed by atoms with Gasteiger partial charge in [-0.25, -0.2) is 13.2 Å². The van der Waals surface area contributed by atoms with E-state index in [0.29, 0.717) is 21.7 Å². The molecule has 1 heterocycles. The van der Waals surface area contributed by atoms with Gasteiger partial charge in [0.15, 0.2) is 0 Å². The van der Waals surface area contributed by atoms with Crippen molar-refractivity contribution in [3.63, 3.8) is 0 Å². The lowest BCUT2D eigenvalue weighted by atomic mass is 10.1. The minimum absolute atomic E-state index is 0.0573. The summed E-state index contributed by atoms with van der Waals surface area (Å²) in [6.07, 6.45) is 0. The number of imidazole rings is 1. The molecule has 0 radical (unpaired) electrons. The Balaban J connectivity index is 1.63. The number of nitrogens with one attached hydrogen (secondary N) is 4. The van der Waals surface area contributed by atoms with Gasteiger partial charge in [0, 0.05) is 10.7 Å². The first-order chi connectivity index (χ1) is 14.3. The van der Waals surface area contributed by atoms with Crippen molar-refractivity contribution in [1.29, 1.82) is 0 Å². The predicted molar refractivity (Wildman–Crippen MR) is 116 cm³/mol. The molecular formula is C20H15ClN4O4S. The Morgan fingerprint density at radius 2 is 1.60 bits per heavy atom. The van der Waals surface area contributed by atoms with Gasteiger partial charge in [0.25, 0.3) is 15.9 Å². The van der Waals surface area contributed by atoms with Gasteiger partial charge in [0.2, 0.25) is 0 Å². The predicted octanol–water partition coefficient (Wildman–Crippen LogP) is 3.56. The minimum Gasteiger partial charge on any atom is -0.322 e. The molecule has 0 atom stereocenters. The SMILES string of the molecule is O=C(Nc1ccc(Cl)cc1)c1ccccc1NS(=O)(=O)c1ccc2[nH]c(=O)[nH]c2c1. The van der Waals surface area contributed by atoms with Crippen LogP contribution in [0.3, 0.4) is 0 Å². The van der Waals surface area contributed by atoms with E-state index >= 15 is 0 Å². The van der Waals surface area contributed by atoms with Crippen LogP contribution in [0.1, 0.15) is 10.4 Å². The van der Waals surface area contributed by atoms with E-state index in [1.54, 1.807) is 36.4 Å². The number of aromatic amines is 2. The first-order valence-corrected chi connectivity index (χ1v) is 10.6. The number of para-hydroxylation sites is 1. The lowest BCUT2D eigenvalue weighted by Crippen LogP contribution is -2.18. The highest BCUT2D eigenvalue weighted by Gasteiger charge is 2.19. The van der Waals surface area contributed by atoms with Gasteiger partial charge in [-0.2, -0.15) is 0 Å². The van der Waals surface area contributed by atoms with Gasteiger partial charge in [-0.15, -0.1) is 0 Å². The van der Waals surface area contributed by atoms with Crippen LogP contribution in [-0.2, 0) is 10.0 Å². The van der Waals surface area contributed by atoms with Crippen molar-refractivity contribution in [2.24, 2.45) is 0 Å². The van der Waals surface area contributed by atoms with Crippen molar-refractivity contribution in [3.05, 3.63) is 87.8 Å². The van der Waals surface area contributed by atoms with Crippen LogP contribution in [0.2, 0.25) is 5.02 Å². The van der Waals surface area contributed by atoms with E-state index in [4.69, 9.17) is 11.6 Å². The summed E-state index contributed by atoms with van der Waals surface area (Å²) < 4.78 is 28.2. The molecule has 0 aliphatic carbocycles. The smallest absolute Gasteiger partial charge is 0.322 e. The van der Waals surface area contributed by atoms with E-state index in [9.17, 15) is 18.0 Å². The maximum atomic E-state index is 12.9. The number of H-pyrrole nitrogens is 2. The largest absolute Gasteiger partial charge is 0.323 e. The molecule has 8 nitrogen and oxygen atoms in total. The number of benzene rings is 3. The fourth-order valence-corrected chi connectivity index (χ4v) is 4.12. The average molecular weight is 443 g/mol. The van der Waals surface area contributed by atoms with Gasteiger partial charge >= 0.3 is 5.69 Å². The quantitative estimate of drug-likeness (QED) is 0.377. The molecule has 152 valence electrons. The van der Waals surface area contributed by atoms with Crippen LogP contribution in [0.25, 0.3) is 11.0 Å². The third kappa shape index (κ3) is 4.07. The van der Waals surface area contributed by atoms with E-state index in [1.165, 1.54) is 30.3 Å². The summed E-state index contributed by atoms with van der Waals surface area (Å²) in [5.41, 5.74) is 1.19. The van der Waals surface area contributed by atoms with Gasteiger partial charge in [-0.05, 0) is 54.6 Å². The molecule has 4 N–H and O–H groups in total. The normalized spacial score (nSPS) is 11.4.